The van der Waals surface area contributed by atoms with Crippen LogP contribution >= 0.6 is 11.3 Å². The van der Waals surface area contributed by atoms with Crippen LogP contribution in [0.2, 0.25) is 0 Å². The van der Waals surface area contributed by atoms with E-state index >= 15 is 0 Å². The summed E-state index contributed by atoms with van der Waals surface area (Å²) in [6.07, 6.45) is 0. The van der Waals surface area contributed by atoms with E-state index < -0.39 is 0 Å². The van der Waals surface area contributed by atoms with Crippen molar-refractivity contribution >= 4 is 17.0 Å². The highest BCUT2D eigenvalue weighted by molar-refractivity contribution is 7.09. The van der Waals surface area contributed by atoms with Crippen molar-refractivity contribution in [2.75, 3.05) is 11.4 Å². The summed E-state index contributed by atoms with van der Waals surface area (Å²) in [5.74, 6) is 0. The van der Waals surface area contributed by atoms with Crippen LogP contribution in [-0.4, -0.2) is 17.6 Å². The molecule has 0 bridgehead atoms. The summed E-state index contributed by atoms with van der Waals surface area (Å²) in [5.41, 5.74) is 2.41. The second-order valence-corrected chi connectivity index (χ2v) is 6.06. The van der Waals surface area contributed by atoms with Crippen molar-refractivity contribution in [3.05, 3.63) is 46.4 Å². The first-order valence-electron chi connectivity index (χ1n) is 7.15. The summed E-state index contributed by atoms with van der Waals surface area (Å²) < 4.78 is 0. The van der Waals surface area contributed by atoms with E-state index in [4.69, 9.17) is 4.98 Å². The first-order chi connectivity index (χ1) is 9.69. The Hall–Kier alpha value is -1.39. The van der Waals surface area contributed by atoms with Crippen molar-refractivity contribution in [2.24, 2.45) is 0 Å². The molecule has 108 valence electrons. The fourth-order valence-electron chi connectivity index (χ4n) is 2.01. The molecular weight excluding hydrogens is 266 g/mol. The van der Waals surface area contributed by atoms with Gasteiger partial charge in [-0.05, 0) is 19.1 Å². The average molecular weight is 289 g/mol. The smallest absolute Gasteiger partial charge is 0.107 e. The number of rotatable bonds is 7. The molecule has 0 aliphatic heterocycles. The minimum absolute atomic E-state index is 0.499. The van der Waals surface area contributed by atoms with Gasteiger partial charge >= 0.3 is 0 Å². The molecule has 0 fully saturated rings. The third-order valence-corrected chi connectivity index (χ3v) is 4.01. The molecule has 0 unspecified atom stereocenters. The zero-order chi connectivity index (χ0) is 14.4. The van der Waals surface area contributed by atoms with E-state index in [1.54, 1.807) is 11.3 Å². The maximum Gasteiger partial charge on any atom is 0.107 e. The largest absolute Gasteiger partial charge is 0.366 e. The summed E-state index contributed by atoms with van der Waals surface area (Å²) in [6.45, 7) is 9.21. The monoisotopic (exact) mass is 289 g/mol. The van der Waals surface area contributed by atoms with Crippen LogP contribution in [0.3, 0.4) is 0 Å². The van der Waals surface area contributed by atoms with Gasteiger partial charge in [0.15, 0.2) is 0 Å². The van der Waals surface area contributed by atoms with E-state index in [0.717, 1.165) is 30.3 Å². The van der Waals surface area contributed by atoms with Gasteiger partial charge in [0, 0.05) is 30.2 Å². The Kier molecular flexibility index (Phi) is 5.56. The topological polar surface area (TPSA) is 28.2 Å². The molecule has 0 spiro atoms. The highest BCUT2D eigenvalue weighted by atomic mass is 32.1. The summed E-state index contributed by atoms with van der Waals surface area (Å²) in [5, 5.41) is 6.74. The normalized spacial score (nSPS) is 11.0. The lowest BCUT2D eigenvalue weighted by Gasteiger charge is -2.21. The molecule has 1 heterocycles. The van der Waals surface area contributed by atoms with Crippen molar-refractivity contribution in [2.45, 2.75) is 39.9 Å². The molecule has 4 heteroatoms. The van der Waals surface area contributed by atoms with Gasteiger partial charge in [0.25, 0.3) is 0 Å². The van der Waals surface area contributed by atoms with Crippen LogP contribution in [0.1, 0.15) is 31.5 Å². The van der Waals surface area contributed by atoms with Crippen LogP contribution in [0.5, 0.6) is 0 Å². The van der Waals surface area contributed by atoms with Crippen molar-refractivity contribution in [1.29, 1.82) is 0 Å². The van der Waals surface area contributed by atoms with E-state index in [1.165, 1.54) is 5.69 Å². The predicted octanol–water partition coefficient (Wildman–Crippen LogP) is 3.67. The second-order valence-electron chi connectivity index (χ2n) is 5.12. The lowest BCUT2D eigenvalue weighted by atomic mass is 10.2. The number of aromatic nitrogens is 1. The van der Waals surface area contributed by atoms with Crippen LogP contribution in [-0.2, 0) is 13.1 Å². The van der Waals surface area contributed by atoms with E-state index in [1.807, 2.05) is 0 Å². The minimum atomic E-state index is 0.499. The molecule has 2 rings (SSSR count). The number of benzene rings is 1. The third kappa shape index (κ3) is 4.32. The van der Waals surface area contributed by atoms with Crippen molar-refractivity contribution in [1.82, 2.24) is 10.3 Å². The lowest BCUT2D eigenvalue weighted by Crippen LogP contribution is -2.23. The molecule has 3 nitrogen and oxygen atoms in total. The fourth-order valence-corrected chi connectivity index (χ4v) is 2.75. The molecule has 1 N–H and O–H groups in total. The molecule has 0 radical (unpaired) electrons. The Morgan fingerprint density at radius 1 is 1.25 bits per heavy atom. The van der Waals surface area contributed by atoms with E-state index in [0.29, 0.717) is 6.04 Å². The molecule has 0 aliphatic rings. The molecule has 20 heavy (non-hydrogen) atoms. The Bertz CT molecular complexity index is 507. The number of para-hydroxylation sites is 1. The molecule has 1 aromatic heterocycles. The van der Waals surface area contributed by atoms with Crippen LogP contribution < -0.4 is 10.2 Å². The molecule has 0 atom stereocenters. The first-order valence-corrected chi connectivity index (χ1v) is 8.03. The Morgan fingerprint density at radius 2 is 2.00 bits per heavy atom. The second kappa shape index (κ2) is 7.41. The standard InChI is InChI=1S/C16H23N3S/c1-4-19(15-8-6-5-7-9-15)11-14-12-20-16(18-14)10-17-13(2)3/h5-9,12-13,17H,4,10-11H2,1-3H3. The van der Waals surface area contributed by atoms with E-state index in [2.05, 4.69) is 66.7 Å². The number of anilines is 1. The molecule has 0 amide bonds. The Morgan fingerprint density at radius 3 is 2.65 bits per heavy atom. The summed E-state index contributed by atoms with van der Waals surface area (Å²) in [6, 6.07) is 11.0. The van der Waals surface area contributed by atoms with Crippen LogP contribution in [0.25, 0.3) is 0 Å². The summed E-state index contributed by atoms with van der Waals surface area (Å²) in [4.78, 5) is 7.05. The third-order valence-electron chi connectivity index (χ3n) is 3.12. The highest BCUT2D eigenvalue weighted by Crippen LogP contribution is 2.18. The highest BCUT2D eigenvalue weighted by Gasteiger charge is 2.08. The van der Waals surface area contributed by atoms with Crippen LogP contribution in [0, 0.1) is 0 Å². The van der Waals surface area contributed by atoms with Gasteiger partial charge in [-0.2, -0.15) is 0 Å². The van der Waals surface area contributed by atoms with Crippen LogP contribution in [0.15, 0.2) is 35.7 Å². The number of thiazole rings is 1. The Balaban J connectivity index is 1.98. The number of nitrogens with zero attached hydrogens (tertiary/aromatic N) is 2. The first kappa shape index (κ1) is 15.0. The van der Waals surface area contributed by atoms with Crippen molar-refractivity contribution < 1.29 is 0 Å². The zero-order valence-electron chi connectivity index (χ0n) is 12.5. The molecule has 1 aromatic carbocycles. The van der Waals surface area contributed by atoms with Gasteiger partial charge in [-0.3, -0.25) is 0 Å². The van der Waals surface area contributed by atoms with Gasteiger partial charge in [-0.25, -0.2) is 4.98 Å². The van der Waals surface area contributed by atoms with Crippen LogP contribution in [0.4, 0.5) is 5.69 Å². The molecular formula is C16H23N3S. The average Bonchev–Trinajstić information content (AvgIpc) is 2.91. The van der Waals surface area contributed by atoms with Gasteiger partial charge in [0.05, 0.1) is 12.2 Å². The van der Waals surface area contributed by atoms with Gasteiger partial charge in [0.1, 0.15) is 5.01 Å². The maximum absolute atomic E-state index is 4.71. The SMILES string of the molecule is CCN(Cc1csc(CNC(C)C)n1)c1ccccc1. The molecule has 0 saturated carbocycles. The molecule has 2 aromatic rings. The number of nitrogens with one attached hydrogen (secondary N) is 1. The predicted molar refractivity (Wildman–Crippen MR) is 87.3 cm³/mol. The van der Waals surface area contributed by atoms with Crippen molar-refractivity contribution in [3.63, 3.8) is 0 Å². The quantitative estimate of drug-likeness (QED) is 0.843. The summed E-state index contributed by atoms with van der Waals surface area (Å²) >= 11 is 1.74. The van der Waals surface area contributed by atoms with Gasteiger partial charge < -0.3 is 10.2 Å². The van der Waals surface area contributed by atoms with Gasteiger partial charge in [0.2, 0.25) is 0 Å². The fraction of sp³-hybridized carbons (Fsp3) is 0.438. The van der Waals surface area contributed by atoms with E-state index in [-0.39, 0.29) is 0 Å². The van der Waals surface area contributed by atoms with Crippen molar-refractivity contribution in [3.8, 4) is 0 Å². The maximum atomic E-state index is 4.71. The number of hydrogen-bond donors (Lipinski definition) is 1. The molecule has 0 saturated heterocycles. The van der Waals surface area contributed by atoms with E-state index in [9.17, 15) is 0 Å². The lowest BCUT2D eigenvalue weighted by molar-refractivity contribution is 0.586. The zero-order valence-corrected chi connectivity index (χ0v) is 13.3. The number of hydrogen-bond acceptors (Lipinski definition) is 4. The Labute approximate surface area is 125 Å². The van der Waals surface area contributed by atoms with Gasteiger partial charge in [-0.15, -0.1) is 11.3 Å². The minimum Gasteiger partial charge on any atom is -0.366 e. The molecule has 0 aliphatic carbocycles. The van der Waals surface area contributed by atoms with Gasteiger partial charge in [-0.1, -0.05) is 32.0 Å². The summed E-state index contributed by atoms with van der Waals surface area (Å²) in [7, 11) is 0.